The number of esters is 1. The molecule has 0 heterocycles. The molecule has 6 heteroatoms. The van der Waals surface area contributed by atoms with Gasteiger partial charge in [-0.1, -0.05) is 30.3 Å². The van der Waals surface area contributed by atoms with E-state index in [0.29, 0.717) is 0 Å². The summed E-state index contributed by atoms with van der Waals surface area (Å²) < 4.78 is 5.09. The van der Waals surface area contributed by atoms with E-state index in [4.69, 9.17) is 4.74 Å². The lowest BCUT2D eigenvalue weighted by atomic mass is 10.1. The van der Waals surface area contributed by atoms with Crippen molar-refractivity contribution in [1.82, 2.24) is 10.6 Å². The number of ether oxygens (including phenoxy) is 1. The zero-order valence-electron chi connectivity index (χ0n) is 12.2. The fourth-order valence-corrected chi connectivity index (χ4v) is 1.67. The van der Waals surface area contributed by atoms with Gasteiger partial charge in [-0.05, 0) is 19.5 Å². The molecular formula is C15H20N2O4. The summed E-state index contributed by atoms with van der Waals surface area (Å²) in [5.41, 5.74) is 0.865. The lowest BCUT2D eigenvalue weighted by molar-refractivity contribution is -0.147. The third-order valence-corrected chi connectivity index (χ3v) is 2.78. The molecule has 0 bridgehead atoms. The van der Waals surface area contributed by atoms with Crippen LogP contribution in [0.4, 0.5) is 0 Å². The fraction of sp³-hybridized carbons (Fsp3) is 0.400. The van der Waals surface area contributed by atoms with Gasteiger partial charge in [0.15, 0.2) is 5.78 Å². The van der Waals surface area contributed by atoms with Crippen molar-refractivity contribution < 1.29 is 19.1 Å². The molecule has 1 rings (SSSR count). The molecule has 0 aliphatic heterocycles. The van der Waals surface area contributed by atoms with Crippen molar-refractivity contribution in [3.63, 3.8) is 0 Å². The molecule has 1 aromatic rings. The van der Waals surface area contributed by atoms with Crippen LogP contribution in [0.3, 0.4) is 0 Å². The highest BCUT2D eigenvalue weighted by Gasteiger charge is 2.21. The molecule has 2 N–H and O–H groups in total. The molecule has 1 amide bonds. The van der Waals surface area contributed by atoms with Crippen LogP contribution in [0, 0.1) is 0 Å². The second-order valence-corrected chi connectivity index (χ2v) is 4.61. The van der Waals surface area contributed by atoms with Gasteiger partial charge < -0.3 is 15.4 Å². The quantitative estimate of drug-likeness (QED) is 0.678. The van der Waals surface area contributed by atoms with E-state index in [9.17, 15) is 14.4 Å². The Morgan fingerprint density at radius 3 is 2.43 bits per heavy atom. The van der Waals surface area contributed by atoms with E-state index in [1.165, 1.54) is 6.92 Å². The molecule has 1 unspecified atom stereocenters. The number of benzene rings is 1. The topological polar surface area (TPSA) is 84.5 Å². The van der Waals surface area contributed by atoms with Gasteiger partial charge in [0.05, 0.1) is 19.0 Å². The average Bonchev–Trinajstić information content (AvgIpc) is 2.45. The summed E-state index contributed by atoms with van der Waals surface area (Å²) in [6.07, 6.45) is -0.169. The number of rotatable bonds is 8. The highest BCUT2D eigenvalue weighted by molar-refractivity contribution is 5.91. The number of carbonyl (C=O) groups excluding carboxylic acids is 3. The van der Waals surface area contributed by atoms with Crippen LogP contribution in [0.2, 0.25) is 0 Å². The van der Waals surface area contributed by atoms with Crippen LogP contribution >= 0.6 is 0 Å². The van der Waals surface area contributed by atoms with Crippen LogP contribution in [0.25, 0.3) is 0 Å². The van der Waals surface area contributed by atoms with Crippen molar-refractivity contribution >= 4 is 17.7 Å². The zero-order valence-corrected chi connectivity index (χ0v) is 12.2. The minimum absolute atomic E-state index is 0.0862. The molecule has 0 aliphatic rings. The largest absolute Gasteiger partial charge is 0.461 e. The maximum Gasteiger partial charge on any atom is 0.308 e. The smallest absolute Gasteiger partial charge is 0.308 e. The van der Waals surface area contributed by atoms with Crippen LogP contribution in [0.5, 0.6) is 0 Å². The van der Waals surface area contributed by atoms with Crippen LogP contribution in [-0.2, 0) is 25.7 Å². The molecule has 0 saturated heterocycles. The molecule has 0 aromatic heterocycles. The first-order valence-corrected chi connectivity index (χ1v) is 6.67. The van der Waals surface area contributed by atoms with Crippen molar-refractivity contribution in [2.75, 3.05) is 13.6 Å². The number of likely N-dealkylation sites (N-methyl/N-ethyl adjacent to an activating group) is 1. The van der Waals surface area contributed by atoms with Crippen LogP contribution in [0.1, 0.15) is 18.9 Å². The summed E-state index contributed by atoms with van der Waals surface area (Å²) in [5.74, 6) is -1.14. The summed E-state index contributed by atoms with van der Waals surface area (Å²) in [5, 5.41) is 5.17. The molecule has 0 fully saturated rings. The Kier molecular flexibility index (Phi) is 7.11. The highest BCUT2D eigenvalue weighted by atomic mass is 16.5. The first kappa shape index (κ1) is 16.8. The van der Waals surface area contributed by atoms with Crippen molar-refractivity contribution in [2.45, 2.75) is 26.0 Å². The van der Waals surface area contributed by atoms with Crippen molar-refractivity contribution in [3.8, 4) is 0 Å². The molecule has 21 heavy (non-hydrogen) atoms. The second-order valence-electron chi connectivity index (χ2n) is 4.61. The number of amides is 1. The van der Waals surface area contributed by atoms with Crippen LogP contribution < -0.4 is 10.6 Å². The van der Waals surface area contributed by atoms with Gasteiger partial charge in [0.2, 0.25) is 5.91 Å². The van der Waals surface area contributed by atoms with E-state index in [1.54, 1.807) is 7.05 Å². The van der Waals surface area contributed by atoms with Crippen LogP contribution in [-0.4, -0.2) is 37.3 Å². The molecular weight excluding hydrogens is 272 g/mol. The van der Waals surface area contributed by atoms with E-state index < -0.39 is 12.0 Å². The molecule has 6 nitrogen and oxygen atoms in total. The predicted octanol–water partition coefficient (Wildman–Crippen LogP) is 0.413. The van der Waals surface area contributed by atoms with E-state index >= 15 is 0 Å². The molecule has 0 aliphatic carbocycles. The van der Waals surface area contributed by atoms with Gasteiger partial charge in [0, 0.05) is 0 Å². The Labute approximate surface area is 123 Å². The van der Waals surface area contributed by atoms with E-state index in [-0.39, 0.29) is 31.3 Å². The molecule has 0 saturated carbocycles. The molecule has 1 aromatic carbocycles. The Hall–Kier alpha value is -2.21. The second kappa shape index (κ2) is 8.86. The minimum atomic E-state index is -0.853. The number of Topliss-reactive ketones (excluding diaryl/α,β-unsaturated/α-hetero) is 1. The number of nitrogens with one attached hydrogen (secondary N) is 2. The summed E-state index contributed by atoms with van der Waals surface area (Å²) >= 11 is 0. The first-order chi connectivity index (χ1) is 10.0. The fourth-order valence-electron chi connectivity index (χ4n) is 1.67. The number of carbonyl (C=O) groups is 3. The third kappa shape index (κ3) is 6.67. The maximum absolute atomic E-state index is 11.7. The molecule has 0 radical (unpaired) electrons. The summed E-state index contributed by atoms with van der Waals surface area (Å²) in [4.78, 5) is 34.6. The Bertz CT molecular complexity index is 488. The highest BCUT2D eigenvalue weighted by Crippen LogP contribution is 2.03. The zero-order chi connectivity index (χ0) is 15.7. The van der Waals surface area contributed by atoms with Gasteiger partial charge in [0.1, 0.15) is 6.61 Å². The summed E-state index contributed by atoms with van der Waals surface area (Å²) in [7, 11) is 1.62. The molecule has 1 atom stereocenters. The van der Waals surface area contributed by atoms with E-state index in [0.717, 1.165) is 5.56 Å². The van der Waals surface area contributed by atoms with Crippen molar-refractivity contribution in [3.05, 3.63) is 35.9 Å². The van der Waals surface area contributed by atoms with Crippen molar-refractivity contribution in [1.29, 1.82) is 0 Å². The Morgan fingerprint density at radius 2 is 1.86 bits per heavy atom. The lowest BCUT2D eigenvalue weighted by Gasteiger charge is -2.15. The Balaban J connectivity index is 2.45. The van der Waals surface area contributed by atoms with Gasteiger partial charge in [-0.25, -0.2) is 0 Å². The lowest BCUT2D eigenvalue weighted by Crippen LogP contribution is -2.44. The van der Waals surface area contributed by atoms with E-state index in [1.807, 2.05) is 30.3 Å². The predicted molar refractivity (Wildman–Crippen MR) is 77.4 cm³/mol. The molecule has 0 spiro atoms. The normalized spacial score (nSPS) is 11.5. The number of hydrogen-bond acceptors (Lipinski definition) is 5. The van der Waals surface area contributed by atoms with Gasteiger partial charge >= 0.3 is 5.97 Å². The number of hydrogen-bond donors (Lipinski definition) is 2. The van der Waals surface area contributed by atoms with E-state index in [2.05, 4.69) is 10.6 Å². The molecule has 114 valence electrons. The van der Waals surface area contributed by atoms with Crippen LogP contribution in [0.15, 0.2) is 30.3 Å². The van der Waals surface area contributed by atoms with Gasteiger partial charge in [0.25, 0.3) is 0 Å². The third-order valence-electron chi connectivity index (χ3n) is 2.78. The SMILES string of the molecule is CNCC(=O)NC(CC(=O)OCc1ccccc1)C(C)=O. The average molecular weight is 292 g/mol. The number of ketones is 1. The van der Waals surface area contributed by atoms with Gasteiger partial charge in [-0.2, -0.15) is 0 Å². The van der Waals surface area contributed by atoms with Crippen molar-refractivity contribution in [2.24, 2.45) is 0 Å². The maximum atomic E-state index is 11.7. The Morgan fingerprint density at radius 1 is 1.19 bits per heavy atom. The summed E-state index contributed by atoms with van der Waals surface area (Å²) in [6, 6.07) is 8.39. The van der Waals surface area contributed by atoms with Gasteiger partial charge in [-0.3, -0.25) is 14.4 Å². The standard InChI is InChI=1S/C15H20N2O4/c1-11(18)13(17-14(19)9-16-2)8-15(20)21-10-12-6-4-3-5-7-12/h3-7,13,16H,8-10H2,1-2H3,(H,17,19). The minimum Gasteiger partial charge on any atom is -0.461 e. The first-order valence-electron chi connectivity index (χ1n) is 6.67. The monoisotopic (exact) mass is 292 g/mol. The van der Waals surface area contributed by atoms with Gasteiger partial charge in [-0.15, -0.1) is 0 Å². The summed E-state index contributed by atoms with van der Waals surface area (Å²) in [6.45, 7) is 1.56.